The van der Waals surface area contributed by atoms with Gasteiger partial charge in [0.05, 0.1) is 29.6 Å². The maximum absolute atomic E-state index is 12.9. The van der Waals surface area contributed by atoms with E-state index in [2.05, 4.69) is 4.98 Å². The number of aromatic amines is 1. The van der Waals surface area contributed by atoms with Gasteiger partial charge in [0.2, 0.25) is 11.8 Å². The quantitative estimate of drug-likeness (QED) is 0.319. The summed E-state index contributed by atoms with van der Waals surface area (Å²) < 4.78 is 4.85. The lowest BCUT2D eigenvalue weighted by Gasteiger charge is -2.23. The lowest BCUT2D eigenvalue weighted by Crippen LogP contribution is -2.30. The van der Waals surface area contributed by atoms with Crippen LogP contribution in [0.1, 0.15) is 47.2 Å². The number of thioether (sulfide) groups is 1. The van der Waals surface area contributed by atoms with E-state index in [0.717, 1.165) is 58.8 Å². The van der Waals surface area contributed by atoms with Crippen LogP contribution in [0.3, 0.4) is 0 Å². The van der Waals surface area contributed by atoms with Gasteiger partial charge in [-0.3, -0.25) is 14.6 Å². The van der Waals surface area contributed by atoms with E-state index >= 15 is 0 Å². The predicted octanol–water partition coefficient (Wildman–Crippen LogP) is 4.68. The smallest absolute Gasteiger partial charge is 0.337 e. The Morgan fingerprint density at radius 1 is 1.12 bits per heavy atom. The first-order valence-corrected chi connectivity index (χ1v) is 14.7. The molecule has 0 bridgehead atoms. The number of rotatable bonds is 7. The first kappa shape index (κ1) is 27.8. The van der Waals surface area contributed by atoms with Gasteiger partial charge in [-0.1, -0.05) is 6.07 Å². The number of nitrogens with zero attached hydrogens (tertiary/aromatic N) is 3. The second-order valence-electron chi connectivity index (χ2n) is 10.4. The highest BCUT2D eigenvalue weighted by molar-refractivity contribution is 7.99. The third-order valence-electron chi connectivity index (χ3n) is 7.62. The summed E-state index contributed by atoms with van der Waals surface area (Å²) in [4.78, 5) is 48.3. The standard InChI is InChI=1S/C30H34N4O5S/c1-33(2)25(35)8-9-26(36)34-13-10-19-16-21(5-7-24(19)34)31-28(18-11-14-40-15-12-18)27-22-6-4-20(30(38)39-3)17-23(22)32-29(27)37/h4-7,16-18,32,37H,8-15H2,1-3H3. The topological polar surface area (TPSA) is 115 Å². The molecule has 10 heteroatoms. The van der Waals surface area contributed by atoms with E-state index in [0.29, 0.717) is 23.2 Å². The molecule has 2 aromatic carbocycles. The number of H-pyrrole nitrogens is 1. The van der Waals surface area contributed by atoms with Crippen molar-refractivity contribution in [3.63, 3.8) is 0 Å². The third kappa shape index (κ3) is 5.58. The van der Waals surface area contributed by atoms with Gasteiger partial charge in [-0.05, 0) is 66.7 Å². The van der Waals surface area contributed by atoms with E-state index in [9.17, 15) is 19.5 Å². The Morgan fingerprint density at radius 2 is 1.90 bits per heavy atom. The predicted molar refractivity (Wildman–Crippen MR) is 158 cm³/mol. The molecule has 1 saturated heterocycles. The van der Waals surface area contributed by atoms with Crippen LogP contribution in [-0.2, 0) is 20.7 Å². The van der Waals surface area contributed by atoms with Crippen molar-refractivity contribution in [1.29, 1.82) is 0 Å². The zero-order valence-corrected chi connectivity index (χ0v) is 23.8. The minimum atomic E-state index is -0.439. The summed E-state index contributed by atoms with van der Waals surface area (Å²) in [5.74, 6) is 1.69. The molecule has 1 aromatic heterocycles. The summed E-state index contributed by atoms with van der Waals surface area (Å²) in [6.07, 6.45) is 3.00. The number of fused-ring (bicyclic) bond motifs is 2. The van der Waals surface area contributed by atoms with Crippen LogP contribution in [0.5, 0.6) is 5.88 Å². The zero-order chi connectivity index (χ0) is 28.4. The molecular formula is C30H34N4O5S. The van der Waals surface area contributed by atoms with Crippen molar-refractivity contribution >= 4 is 57.5 Å². The Balaban J connectivity index is 1.48. The summed E-state index contributed by atoms with van der Waals surface area (Å²) in [5, 5.41) is 11.8. The highest BCUT2D eigenvalue weighted by Crippen LogP contribution is 2.38. The van der Waals surface area contributed by atoms with E-state index < -0.39 is 5.97 Å². The molecule has 0 aliphatic carbocycles. The molecule has 40 heavy (non-hydrogen) atoms. The number of carbonyl (C=O) groups is 3. The molecule has 0 unspecified atom stereocenters. The molecule has 5 rings (SSSR count). The van der Waals surface area contributed by atoms with E-state index in [-0.39, 0.29) is 36.5 Å². The van der Waals surface area contributed by atoms with E-state index in [1.807, 2.05) is 36.0 Å². The van der Waals surface area contributed by atoms with Gasteiger partial charge in [0.15, 0.2) is 5.88 Å². The summed E-state index contributed by atoms with van der Waals surface area (Å²) >= 11 is 1.92. The first-order valence-electron chi connectivity index (χ1n) is 13.5. The van der Waals surface area contributed by atoms with Crippen LogP contribution in [0.15, 0.2) is 41.4 Å². The lowest BCUT2D eigenvalue weighted by molar-refractivity contribution is -0.130. The summed E-state index contributed by atoms with van der Waals surface area (Å²) in [6, 6.07) is 11.1. The van der Waals surface area contributed by atoms with Crippen LogP contribution >= 0.6 is 11.8 Å². The monoisotopic (exact) mass is 562 g/mol. The van der Waals surface area contributed by atoms with E-state index in [1.165, 1.54) is 12.0 Å². The number of anilines is 1. The van der Waals surface area contributed by atoms with Crippen LogP contribution < -0.4 is 4.90 Å². The number of hydrogen-bond acceptors (Lipinski definition) is 7. The molecule has 2 amide bonds. The molecule has 3 aromatic rings. The molecule has 210 valence electrons. The van der Waals surface area contributed by atoms with E-state index in [4.69, 9.17) is 9.73 Å². The van der Waals surface area contributed by atoms with Gasteiger partial charge in [-0.25, -0.2) is 4.79 Å². The fourth-order valence-electron chi connectivity index (χ4n) is 5.44. The number of aliphatic imine (C=N–C) groups is 1. The molecule has 2 aliphatic rings. The molecule has 0 saturated carbocycles. The Morgan fingerprint density at radius 3 is 2.62 bits per heavy atom. The van der Waals surface area contributed by atoms with Crippen molar-refractivity contribution < 1.29 is 24.2 Å². The molecule has 3 heterocycles. The van der Waals surface area contributed by atoms with Crippen molar-refractivity contribution in [2.75, 3.05) is 44.2 Å². The SMILES string of the molecule is COC(=O)c1ccc2c(C(=Nc3ccc4c(c3)CCN4C(=O)CCC(=O)N(C)C)C3CCSCC3)c(O)[nH]c2c1. The van der Waals surface area contributed by atoms with Gasteiger partial charge in [-0.15, -0.1) is 0 Å². The Hall–Kier alpha value is -3.79. The van der Waals surface area contributed by atoms with Gasteiger partial charge >= 0.3 is 5.97 Å². The fourth-order valence-corrected chi connectivity index (χ4v) is 6.54. The molecular weight excluding hydrogens is 528 g/mol. The van der Waals surface area contributed by atoms with Crippen LogP contribution in [0.2, 0.25) is 0 Å². The minimum Gasteiger partial charge on any atom is -0.494 e. The maximum Gasteiger partial charge on any atom is 0.337 e. The highest BCUT2D eigenvalue weighted by Gasteiger charge is 2.28. The van der Waals surface area contributed by atoms with Gasteiger partial charge in [-0.2, -0.15) is 11.8 Å². The van der Waals surface area contributed by atoms with Gasteiger partial charge in [0, 0.05) is 56.0 Å². The second-order valence-corrected chi connectivity index (χ2v) is 11.6. The summed E-state index contributed by atoms with van der Waals surface area (Å²) in [6.45, 7) is 0.579. The van der Waals surface area contributed by atoms with Crippen molar-refractivity contribution in [2.45, 2.75) is 32.1 Å². The van der Waals surface area contributed by atoms with Crippen molar-refractivity contribution in [3.05, 3.63) is 53.1 Å². The van der Waals surface area contributed by atoms with E-state index in [1.54, 1.807) is 31.1 Å². The Kier molecular flexibility index (Phi) is 8.16. The maximum atomic E-state index is 12.9. The van der Waals surface area contributed by atoms with Crippen molar-refractivity contribution in [1.82, 2.24) is 9.88 Å². The molecule has 2 aliphatic heterocycles. The number of aromatic nitrogens is 1. The van der Waals surface area contributed by atoms with Crippen LogP contribution in [0, 0.1) is 5.92 Å². The number of carbonyl (C=O) groups excluding carboxylic acids is 3. The number of methoxy groups -OCH3 is 1. The Labute approximate surface area is 237 Å². The number of nitrogens with one attached hydrogen (secondary N) is 1. The number of aromatic hydroxyl groups is 1. The zero-order valence-electron chi connectivity index (χ0n) is 23.0. The van der Waals surface area contributed by atoms with Crippen molar-refractivity contribution in [2.24, 2.45) is 10.9 Å². The number of benzene rings is 2. The molecule has 9 nitrogen and oxygen atoms in total. The van der Waals surface area contributed by atoms with Crippen molar-refractivity contribution in [3.8, 4) is 5.88 Å². The second kappa shape index (κ2) is 11.8. The molecule has 0 spiro atoms. The van der Waals surface area contributed by atoms with Crippen LogP contribution in [-0.4, -0.2) is 77.7 Å². The Bertz CT molecular complexity index is 1490. The molecule has 1 fully saturated rings. The first-order chi connectivity index (χ1) is 19.3. The largest absolute Gasteiger partial charge is 0.494 e. The highest BCUT2D eigenvalue weighted by atomic mass is 32.2. The number of amides is 2. The van der Waals surface area contributed by atoms with Gasteiger partial charge in [0.25, 0.3) is 0 Å². The third-order valence-corrected chi connectivity index (χ3v) is 8.67. The van der Waals surface area contributed by atoms with Gasteiger partial charge < -0.3 is 24.6 Å². The van der Waals surface area contributed by atoms with Crippen LogP contribution in [0.4, 0.5) is 11.4 Å². The lowest BCUT2D eigenvalue weighted by atomic mass is 9.90. The molecule has 0 atom stereocenters. The number of esters is 1. The minimum absolute atomic E-state index is 0.0270. The van der Waals surface area contributed by atoms with Gasteiger partial charge in [0.1, 0.15) is 0 Å². The summed E-state index contributed by atoms with van der Waals surface area (Å²) in [5.41, 5.74) is 5.20. The fraction of sp³-hybridized carbons (Fsp3) is 0.400. The average Bonchev–Trinajstić information content (AvgIpc) is 3.53. The molecule has 2 N–H and O–H groups in total. The number of ether oxygens (including phenoxy) is 1. The summed E-state index contributed by atoms with van der Waals surface area (Å²) in [7, 11) is 4.72. The molecule has 0 radical (unpaired) electrons. The van der Waals surface area contributed by atoms with Crippen LogP contribution in [0.25, 0.3) is 10.9 Å². The average molecular weight is 563 g/mol. The number of hydrogen-bond donors (Lipinski definition) is 2. The normalized spacial score (nSPS) is 15.8.